The van der Waals surface area contributed by atoms with Crippen molar-refractivity contribution in [3.05, 3.63) is 16.4 Å². The fourth-order valence-corrected chi connectivity index (χ4v) is 2.37. The molecule has 0 spiro atoms. The lowest BCUT2D eigenvalue weighted by molar-refractivity contribution is -0.394. The zero-order valence-corrected chi connectivity index (χ0v) is 10.8. The van der Waals surface area contributed by atoms with E-state index in [1.54, 1.807) is 0 Å². The predicted octanol–water partition coefficient (Wildman–Crippen LogP) is 0.881. The highest BCUT2D eigenvalue weighted by Gasteiger charge is 2.23. The van der Waals surface area contributed by atoms with Crippen molar-refractivity contribution >= 4 is 11.9 Å². The zero-order valence-electron chi connectivity index (χ0n) is 10.8. The highest BCUT2D eigenvalue weighted by atomic mass is 16.6. The molecule has 1 aliphatic rings. The summed E-state index contributed by atoms with van der Waals surface area (Å²) in [7, 11) is 0. The predicted molar refractivity (Wildman–Crippen MR) is 66.2 cm³/mol. The van der Waals surface area contributed by atoms with Crippen LogP contribution in [0.1, 0.15) is 32.6 Å². The number of nitro groups is 1. The summed E-state index contributed by atoms with van der Waals surface area (Å²) >= 11 is 0. The number of hydrogen-bond donors (Lipinski definition) is 1. The first kappa shape index (κ1) is 13.4. The SMILES string of the molecule is C[C@H]1CCCC[C@@H]1NC(=O)Cn1cnc([N+](=O)[O-])n1. The Morgan fingerprint density at radius 1 is 1.58 bits per heavy atom. The van der Waals surface area contributed by atoms with E-state index in [1.165, 1.54) is 17.4 Å². The summed E-state index contributed by atoms with van der Waals surface area (Å²) < 4.78 is 1.18. The standard InChI is InChI=1S/C11H17N5O3/c1-8-4-2-3-5-9(8)13-10(17)6-15-7-12-11(14-15)16(18)19/h7-9H,2-6H2,1H3,(H,13,17)/t8-,9-/m0/s1. The third-order valence-corrected chi connectivity index (χ3v) is 3.45. The maximum atomic E-state index is 11.8. The van der Waals surface area contributed by atoms with Crippen molar-refractivity contribution in [2.24, 2.45) is 5.92 Å². The van der Waals surface area contributed by atoms with Gasteiger partial charge in [0, 0.05) is 11.1 Å². The van der Waals surface area contributed by atoms with Crippen LogP contribution in [0.5, 0.6) is 0 Å². The van der Waals surface area contributed by atoms with Crippen LogP contribution in [0.2, 0.25) is 0 Å². The van der Waals surface area contributed by atoms with Gasteiger partial charge < -0.3 is 15.4 Å². The molecule has 0 saturated heterocycles. The van der Waals surface area contributed by atoms with Gasteiger partial charge in [-0.2, -0.15) is 4.68 Å². The van der Waals surface area contributed by atoms with Crippen LogP contribution in [-0.2, 0) is 11.3 Å². The Morgan fingerprint density at radius 2 is 2.32 bits per heavy atom. The van der Waals surface area contributed by atoms with Crippen LogP contribution in [0.4, 0.5) is 5.95 Å². The van der Waals surface area contributed by atoms with Gasteiger partial charge in [-0.25, -0.2) is 0 Å². The summed E-state index contributed by atoms with van der Waals surface area (Å²) in [5, 5.41) is 17.0. The second-order valence-corrected chi connectivity index (χ2v) is 4.94. The summed E-state index contributed by atoms with van der Waals surface area (Å²) in [4.78, 5) is 25.1. The van der Waals surface area contributed by atoms with E-state index in [9.17, 15) is 14.9 Å². The summed E-state index contributed by atoms with van der Waals surface area (Å²) in [6.45, 7) is 2.09. The van der Waals surface area contributed by atoms with Crippen molar-refractivity contribution in [3.8, 4) is 0 Å². The molecule has 1 aromatic heterocycles. The van der Waals surface area contributed by atoms with Crippen LogP contribution >= 0.6 is 0 Å². The van der Waals surface area contributed by atoms with Crippen LogP contribution in [0.3, 0.4) is 0 Å². The minimum atomic E-state index is -0.683. The van der Waals surface area contributed by atoms with Crippen LogP contribution in [0.25, 0.3) is 0 Å². The Morgan fingerprint density at radius 3 is 2.95 bits per heavy atom. The normalized spacial score (nSPS) is 23.0. The first-order chi connectivity index (χ1) is 9.06. The Hall–Kier alpha value is -1.99. The van der Waals surface area contributed by atoms with E-state index in [0.29, 0.717) is 5.92 Å². The number of amides is 1. The van der Waals surface area contributed by atoms with Gasteiger partial charge in [-0.1, -0.05) is 24.7 Å². The van der Waals surface area contributed by atoms with E-state index in [1.807, 2.05) is 0 Å². The average molecular weight is 267 g/mol. The van der Waals surface area contributed by atoms with Gasteiger partial charge in [0.15, 0.2) is 0 Å². The third-order valence-electron chi connectivity index (χ3n) is 3.45. The van der Waals surface area contributed by atoms with Crippen molar-refractivity contribution in [1.29, 1.82) is 0 Å². The van der Waals surface area contributed by atoms with Gasteiger partial charge in [-0.05, 0) is 23.7 Å². The highest BCUT2D eigenvalue weighted by Crippen LogP contribution is 2.23. The van der Waals surface area contributed by atoms with Crippen molar-refractivity contribution in [3.63, 3.8) is 0 Å². The Bertz CT molecular complexity index is 473. The van der Waals surface area contributed by atoms with E-state index in [0.717, 1.165) is 19.3 Å². The van der Waals surface area contributed by atoms with Gasteiger partial charge in [0.25, 0.3) is 0 Å². The summed E-state index contributed by atoms with van der Waals surface area (Å²) in [6.07, 6.45) is 5.65. The van der Waals surface area contributed by atoms with Crippen LogP contribution in [-0.4, -0.2) is 31.6 Å². The number of rotatable bonds is 4. The van der Waals surface area contributed by atoms with Gasteiger partial charge in [0.2, 0.25) is 12.2 Å². The van der Waals surface area contributed by atoms with Crippen molar-refractivity contribution < 1.29 is 9.72 Å². The average Bonchev–Trinajstić information content (AvgIpc) is 2.80. The van der Waals surface area contributed by atoms with E-state index < -0.39 is 10.9 Å². The molecule has 1 aliphatic carbocycles. The highest BCUT2D eigenvalue weighted by molar-refractivity contribution is 5.75. The topological polar surface area (TPSA) is 103 Å². The minimum Gasteiger partial charge on any atom is -0.390 e. The summed E-state index contributed by atoms with van der Waals surface area (Å²) in [5.41, 5.74) is 0. The Balaban J connectivity index is 1.87. The molecule has 1 N–H and O–H groups in total. The fourth-order valence-electron chi connectivity index (χ4n) is 2.37. The number of carbonyl (C=O) groups excluding carboxylic acids is 1. The zero-order chi connectivity index (χ0) is 13.8. The second kappa shape index (κ2) is 5.77. The van der Waals surface area contributed by atoms with E-state index in [-0.39, 0.29) is 18.5 Å². The lowest BCUT2D eigenvalue weighted by Gasteiger charge is -2.29. The number of carbonyl (C=O) groups is 1. The minimum absolute atomic E-state index is 0.0376. The maximum Gasteiger partial charge on any atom is 0.490 e. The molecule has 1 amide bonds. The molecular formula is C11H17N5O3. The molecule has 0 unspecified atom stereocenters. The Kier molecular flexibility index (Phi) is 4.08. The van der Waals surface area contributed by atoms with Gasteiger partial charge in [-0.15, -0.1) is 0 Å². The molecule has 1 aromatic rings. The van der Waals surface area contributed by atoms with Crippen molar-refractivity contribution in [2.45, 2.75) is 45.2 Å². The molecule has 0 bridgehead atoms. The summed E-state index contributed by atoms with van der Waals surface area (Å²) in [5.74, 6) is -0.194. The van der Waals surface area contributed by atoms with Gasteiger partial charge in [0.05, 0.1) is 0 Å². The van der Waals surface area contributed by atoms with E-state index >= 15 is 0 Å². The Labute approximate surface area is 110 Å². The number of hydrogen-bond acceptors (Lipinski definition) is 5. The molecular weight excluding hydrogens is 250 g/mol. The van der Waals surface area contributed by atoms with Crippen LogP contribution < -0.4 is 5.32 Å². The molecule has 0 aromatic carbocycles. The van der Waals surface area contributed by atoms with E-state index in [2.05, 4.69) is 22.3 Å². The lowest BCUT2D eigenvalue weighted by Crippen LogP contribution is -2.42. The first-order valence-corrected chi connectivity index (χ1v) is 6.39. The van der Waals surface area contributed by atoms with Gasteiger partial charge in [-0.3, -0.25) is 4.79 Å². The molecule has 8 heteroatoms. The van der Waals surface area contributed by atoms with Crippen molar-refractivity contribution in [1.82, 2.24) is 20.1 Å². The monoisotopic (exact) mass is 267 g/mol. The molecule has 2 rings (SSSR count). The van der Waals surface area contributed by atoms with E-state index in [4.69, 9.17) is 0 Å². The number of aromatic nitrogens is 3. The fraction of sp³-hybridized carbons (Fsp3) is 0.727. The van der Waals surface area contributed by atoms with Crippen molar-refractivity contribution in [2.75, 3.05) is 0 Å². The molecule has 0 aliphatic heterocycles. The van der Waals surface area contributed by atoms with Crippen LogP contribution in [0.15, 0.2) is 6.33 Å². The van der Waals surface area contributed by atoms with Gasteiger partial charge in [0.1, 0.15) is 6.54 Å². The lowest BCUT2D eigenvalue weighted by atomic mass is 9.86. The number of nitrogens with one attached hydrogen (secondary N) is 1. The molecule has 1 saturated carbocycles. The third kappa shape index (κ3) is 3.49. The molecule has 0 radical (unpaired) electrons. The molecule has 8 nitrogen and oxygen atoms in total. The second-order valence-electron chi connectivity index (χ2n) is 4.94. The van der Waals surface area contributed by atoms with Crippen LogP contribution in [0, 0.1) is 16.0 Å². The molecule has 2 atom stereocenters. The maximum absolute atomic E-state index is 11.8. The quantitative estimate of drug-likeness (QED) is 0.644. The molecule has 1 fully saturated rings. The molecule has 19 heavy (non-hydrogen) atoms. The summed E-state index contributed by atoms with van der Waals surface area (Å²) in [6, 6.07) is 0.194. The number of nitrogens with zero attached hydrogens (tertiary/aromatic N) is 4. The largest absolute Gasteiger partial charge is 0.490 e. The molecule has 104 valence electrons. The first-order valence-electron chi connectivity index (χ1n) is 6.39. The smallest absolute Gasteiger partial charge is 0.390 e. The van der Waals surface area contributed by atoms with Gasteiger partial charge >= 0.3 is 5.95 Å². The molecule has 1 heterocycles.